The lowest BCUT2D eigenvalue weighted by Crippen LogP contribution is -2.60. The van der Waals surface area contributed by atoms with Crippen LogP contribution in [0.4, 0.5) is 4.79 Å². The van der Waals surface area contributed by atoms with Gasteiger partial charge in [-0.05, 0) is 149 Å². The van der Waals surface area contributed by atoms with Crippen molar-refractivity contribution in [1.29, 1.82) is 0 Å². The smallest absolute Gasteiger partial charge is 0.410 e. The largest absolute Gasteiger partial charge is 0.443 e. The molecule has 9 aliphatic rings. The number of morpholine rings is 1. The van der Waals surface area contributed by atoms with Gasteiger partial charge in [-0.15, -0.1) is 0 Å². The molecule has 0 bridgehead atoms. The standard InChI is InChI=1S/C46H77N3O6/c1-28(2)38(55-41(51)48-19-10-20-48)32-25-30(5)37-39(53-32)40(50)44(9)34-12-11-33-42(6,7)35(13-16-45(33)27-46(34,45)18-17-43(37,44)8)54-36-26-49(23-24-52-36)31-14-21-47(22-15-31)29(3)4/h28-40,50H,10-27H2,1-9H3/t30-,32-,33+,34+,35+,36+,37+,38-,39+,40+,43-,44-,45-,46+/m1/s1. The van der Waals surface area contributed by atoms with Crippen LogP contribution >= 0.6 is 0 Å². The Morgan fingerprint density at radius 2 is 1.58 bits per heavy atom. The number of ether oxygens (including phenoxy) is 4. The van der Waals surface area contributed by atoms with Crippen LogP contribution in [0, 0.1) is 56.7 Å². The van der Waals surface area contributed by atoms with Gasteiger partial charge in [0.05, 0.1) is 31.0 Å². The minimum atomic E-state index is -0.514. The molecule has 1 N–H and O–H groups in total. The molecule has 312 valence electrons. The van der Waals surface area contributed by atoms with E-state index >= 15 is 0 Å². The third-order valence-electron chi connectivity index (χ3n) is 19.3. The molecule has 4 aliphatic heterocycles. The quantitative estimate of drug-likeness (QED) is 0.284. The lowest BCUT2D eigenvalue weighted by molar-refractivity contribution is -0.251. The molecule has 4 heterocycles. The molecule has 9 nitrogen and oxygen atoms in total. The summed E-state index contributed by atoms with van der Waals surface area (Å²) in [5.74, 6) is 1.99. The summed E-state index contributed by atoms with van der Waals surface area (Å²) in [6, 6.07) is 1.28. The third kappa shape index (κ3) is 5.75. The van der Waals surface area contributed by atoms with Crippen LogP contribution in [0.5, 0.6) is 0 Å². The molecule has 0 aromatic carbocycles. The van der Waals surface area contributed by atoms with Crippen molar-refractivity contribution >= 4 is 6.09 Å². The Bertz CT molecular complexity index is 1450. The summed E-state index contributed by atoms with van der Waals surface area (Å²) < 4.78 is 26.8. The fourth-order valence-corrected chi connectivity index (χ4v) is 16.1. The molecule has 55 heavy (non-hydrogen) atoms. The Hall–Kier alpha value is -0.970. The average molecular weight is 768 g/mol. The molecule has 9 fully saturated rings. The van der Waals surface area contributed by atoms with E-state index in [0.717, 1.165) is 52.0 Å². The fourth-order valence-electron chi connectivity index (χ4n) is 16.1. The number of likely N-dealkylation sites (tertiary alicyclic amines) is 2. The van der Waals surface area contributed by atoms with E-state index < -0.39 is 6.10 Å². The van der Waals surface area contributed by atoms with Crippen LogP contribution in [0.1, 0.15) is 133 Å². The highest BCUT2D eigenvalue weighted by atomic mass is 16.7. The number of carbonyl (C=O) groups excluding carboxylic acids is 1. The molecule has 0 radical (unpaired) electrons. The minimum absolute atomic E-state index is 0.0150. The van der Waals surface area contributed by atoms with Crippen molar-refractivity contribution < 1.29 is 28.8 Å². The van der Waals surface area contributed by atoms with Gasteiger partial charge in [0.2, 0.25) is 0 Å². The zero-order valence-corrected chi connectivity index (χ0v) is 36.1. The van der Waals surface area contributed by atoms with Crippen molar-refractivity contribution in [2.24, 2.45) is 56.7 Å². The molecule has 0 unspecified atom stereocenters. The Labute approximate surface area is 333 Å². The number of hydrogen-bond donors (Lipinski definition) is 1. The van der Waals surface area contributed by atoms with Gasteiger partial charge in [-0.2, -0.15) is 0 Å². The monoisotopic (exact) mass is 768 g/mol. The van der Waals surface area contributed by atoms with E-state index in [1.807, 2.05) is 4.90 Å². The predicted molar refractivity (Wildman–Crippen MR) is 213 cm³/mol. The molecule has 14 atom stereocenters. The second-order valence-electron chi connectivity index (χ2n) is 22.3. The molecule has 5 saturated carbocycles. The third-order valence-corrected chi connectivity index (χ3v) is 19.3. The number of hydrogen-bond acceptors (Lipinski definition) is 8. The number of aliphatic hydroxyl groups is 1. The number of aliphatic hydroxyl groups excluding tert-OH is 1. The van der Waals surface area contributed by atoms with E-state index in [-0.39, 0.29) is 59.0 Å². The number of rotatable bonds is 7. The van der Waals surface area contributed by atoms with Crippen molar-refractivity contribution in [3.05, 3.63) is 0 Å². The summed E-state index contributed by atoms with van der Waals surface area (Å²) in [7, 11) is 0. The van der Waals surface area contributed by atoms with Crippen molar-refractivity contribution in [2.75, 3.05) is 45.9 Å². The van der Waals surface area contributed by atoms with Crippen molar-refractivity contribution in [3.8, 4) is 0 Å². The van der Waals surface area contributed by atoms with E-state index in [4.69, 9.17) is 18.9 Å². The van der Waals surface area contributed by atoms with Crippen LogP contribution in [0.15, 0.2) is 0 Å². The highest BCUT2D eigenvalue weighted by Gasteiger charge is 2.84. The van der Waals surface area contributed by atoms with E-state index in [0.29, 0.717) is 46.6 Å². The van der Waals surface area contributed by atoms with Gasteiger partial charge in [0, 0.05) is 43.7 Å². The summed E-state index contributed by atoms with van der Waals surface area (Å²) in [6.07, 6.45) is 11.6. The molecular weight excluding hydrogens is 691 g/mol. The summed E-state index contributed by atoms with van der Waals surface area (Å²) >= 11 is 0. The number of carbonyl (C=O) groups is 1. The molecule has 1 amide bonds. The fraction of sp³-hybridized carbons (Fsp3) is 0.978. The second-order valence-corrected chi connectivity index (χ2v) is 22.3. The Morgan fingerprint density at radius 3 is 2.25 bits per heavy atom. The van der Waals surface area contributed by atoms with Crippen molar-refractivity contribution in [2.45, 2.75) is 182 Å². The van der Waals surface area contributed by atoms with Gasteiger partial charge in [-0.25, -0.2) is 4.79 Å². The van der Waals surface area contributed by atoms with Crippen molar-refractivity contribution in [1.82, 2.24) is 14.7 Å². The molecule has 2 spiro atoms. The van der Waals surface area contributed by atoms with Gasteiger partial charge in [-0.1, -0.05) is 48.5 Å². The first kappa shape index (κ1) is 39.5. The number of amides is 1. The van der Waals surface area contributed by atoms with Crippen LogP contribution in [0.2, 0.25) is 0 Å². The highest BCUT2D eigenvalue weighted by Crippen LogP contribution is 2.89. The van der Waals surface area contributed by atoms with Gasteiger partial charge in [0.15, 0.2) is 6.29 Å². The molecule has 9 heteroatoms. The average Bonchev–Trinajstić information content (AvgIpc) is 3.75. The van der Waals surface area contributed by atoms with Gasteiger partial charge in [0.1, 0.15) is 6.10 Å². The van der Waals surface area contributed by atoms with Crippen LogP contribution in [0.3, 0.4) is 0 Å². The predicted octanol–water partition coefficient (Wildman–Crippen LogP) is 7.58. The molecule has 5 aliphatic carbocycles. The van der Waals surface area contributed by atoms with Gasteiger partial charge < -0.3 is 33.9 Å². The van der Waals surface area contributed by atoms with Crippen LogP contribution in [0.25, 0.3) is 0 Å². The van der Waals surface area contributed by atoms with E-state index in [1.54, 1.807) is 0 Å². The lowest BCUT2D eigenvalue weighted by Gasteiger charge is -2.64. The van der Waals surface area contributed by atoms with E-state index in [1.165, 1.54) is 64.5 Å². The highest BCUT2D eigenvalue weighted by molar-refractivity contribution is 5.68. The number of nitrogens with zero attached hydrogens (tertiary/aromatic N) is 3. The SMILES string of the molecule is CC(C)[C@@H](OC(=O)N1CCC1)[C@H]1C[C@@H](C)[C@H]2[C@H](O1)[C@H](O)[C@@]1(C)[C@@H]3CC[C@H]4C(C)(C)[C@@H](O[C@H]5CN(C6CCN(C(C)C)CC6)CCO5)CC[C@@]45C[C@@]35CC[C@]21C. The first-order chi connectivity index (χ1) is 26.1. The molecule has 0 aromatic heterocycles. The summed E-state index contributed by atoms with van der Waals surface area (Å²) in [5, 5.41) is 12.8. The van der Waals surface area contributed by atoms with Gasteiger partial charge >= 0.3 is 6.09 Å². The Kier molecular flexibility index (Phi) is 9.90. The zero-order chi connectivity index (χ0) is 38.9. The number of piperidine rings is 1. The minimum Gasteiger partial charge on any atom is -0.443 e. The lowest BCUT2D eigenvalue weighted by atomic mass is 9.41. The normalized spacial score (nSPS) is 48.9. The molecule has 0 aromatic rings. The maximum absolute atomic E-state index is 13.0. The van der Waals surface area contributed by atoms with E-state index in [9.17, 15) is 9.90 Å². The maximum atomic E-state index is 13.0. The number of fused-ring (bicyclic) bond motifs is 4. The van der Waals surface area contributed by atoms with Gasteiger partial charge in [0.25, 0.3) is 0 Å². The zero-order valence-electron chi connectivity index (χ0n) is 36.1. The van der Waals surface area contributed by atoms with Crippen LogP contribution < -0.4 is 0 Å². The topological polar surface area (TPSA) is 83.9 Å². The van der Waals surface area contributed by atoms with Crippen LogP contribution in [-0.2, 0) is 18.9 Å². The van der Waals surface area contributed by atoms with E-state index in [2.05, 4.69) is 72.1 Å². The summed E-state index contributed by atoms with van der Waals surface area (Å²) in [5.41, 5.74) is 0.543. The Balaban J connectivity index is 0.894. The van der Waals surface area contributed by atoms with Gasteiger partial charge in [-0.3, -0.25) is 4.90 Å². The Morgan fingerprint density at radius 1 is 0.873 bits per heavy atom. The maximum Gasteiger partial charge on any atom is 0.410 e. The summed E-state index contributed by atoms with van der Waals surface area (Å²) in [6.45, 7) is 28.1. The second kappa shape index (κ2) is 13.8. The first-order valence-corrected chi connectivity index (χ1v) is 23.1. The molecule has 9 rings (SSSR count). The first-order valence-electron chi connectivity index (χ1n) is 23.1. The van der Waals surface area contributed by atoms with Crippen molar-refractivity contribution in [3.63, 3.8) is 0 Å². The molecule has 4 saturated heterocycles. The molecular formula is C46H77N3O6. The van der Waals surface area contributed by atoms with Crippen LogP contribution in [-0.4, -0.2) is 121 Å². The summed E-state index contributed by atoms with van der Waals surface area (Å²) in [4.78, 5) is 20.1.